The molecule has 150 valence electrons. The Bertz CT molecular complexity index is 729. The number of rotatable bonds is 4. The molecule has 1 aliphatic carbocycles. The molecule has 1 heterocycles. The molecule has 7 heteroatoms. The zero-order valence-corrected chi connectivity index (χ0v) is 18.8. The van der Waals surface area contributed by atoms with Gasteiger partial charge in [-0.15, -0.1) is 0 Å². The van der Waals surface area contributed by atoms with Gasteiger partial charge < -0.3 is 19.2 Å². The molecule has 1 aromatic carbocycles. The third-order valence-electron chi connectivity index (χ3n) is 4.80. The Hall–Kier alpha value is -1.08. The second-order valence-electron chi connectivity index (χ2n) is 9.39. The largest absolute Gasteiger partial charge is 0.444 e. The van der Waals surface area contributed by atoms with Crippen molar-refractivity contribution < 1.29 is 18.7 Å². The first-order valence-corrected chi connectivity index (χ1v) is 13.3. The molecule has 5 nitrogen and oxygen atoms in total. The van der Waals surface area contributed by atoms with Gasteiger partial charge in [0.1, 0.15) is 17.2 Å². The summed E-state index contributed by atoms with van der Waals surface area (Å²) in [4.78, 5) is 12.8. The van der Waals surface area contributed by atoms with Crippen LogP contribution in [-0.2, 0) is 19.4 Å². The van der Waals surface area contributed by atoms with Crippen LogP contribution in [0.5, 0.6) is 0 Å². The number of fused-ring (bicyclic) bond motifs is 1. The molecular weight excluding hydrogens is 382 g/mol. The van der Waals surface area contributed by atoms with E-state index in [-0.39, 0.29) is 6.10 Å². The number of carbonyl (C=O) groups is 1. The number of alkyl carbamates (subject to hydrolysis) is 1. The summed E-state index contributed by atoms with van der Waals surface area (Å²) in [5.74, 6) is -0.891. The topological polar surface area (TPSA) is 60.1 Å². The molecule has 3 atom stereocenters. The summed E-state index contributed by atoms with van der Waals surface area (Å²) in [5, 5.41) is 3.71. The minimum Gasteiger partial charge on any atom is -0.444 e. The molecule has 3 rings (SSSR count). The van der Waals surface area contributed by atoms with E-state index in [0.717, 1.165) is 18.4 Å². The number of nitrogens with one attached hydrogen (secondary N) is 1. The van der Waals surface area contributed by atoms with Crippen molar-refractivity contribution in [1.29, 1.82) is 0 Å². The van der Waals surface area contributed by atoms with Crippen LogP contribution in [0.1, 0.15) is 45.6 Å². The number of hydrogen-bond donors (Lipinski definition) is 1. The molecule has 1 amide bonds. The van der Waals surface area contributed by atoms with Crippen LogP contribution in [-0.4, -0.2) is 31.9 Å². The average Bonchev–Trinajstić information content (AvgIpc) is 3.18. The number of epoxide rings is 1. The second-order valence-corrected chi connectivity index (χ2v) is 14.2. The van der Waals surface area contributed by atoms with Gasteiger partial charge in [-0.2, -0.15) is 0 Å². The van der Waals surface area contributed by atoms with Crippen LogP contribution in [0.25, 0.3) is 0 Å². The summed E-state index contributed by atoms with van der Waals surface area (Å²) in [6, 6.07) is 7.59. The van der Waals surface area contributed by atoms with Crippen molar-refractivity contribution in [2.75, 3.05) is 0 Å². The molecular formula is C20H30ClNO4Si. The lowest BCUT2D eigenvalue weighted by molar-refractivity contribution is -0.0515. The summed E-state index contributed by atoms with van der Waals surface area (Å²) >= 11 is 6.59. The Morgan fingerprint density at radius 3 is 2.56 bits per heavy atom. The maximum absolute atomic E-state index is 12.8. The highest BCUT2D eigenvalue weighted by atomic mass is 35.5. The minimum atomic E-state index is -1.97. The molecule has 2 aliphatic rings. The van der Waals surface area contributed by atoms with Gasteiger partial charge >= 0.3 is 6.09 Å². The lowest BCUT2D eigenvalue weighted by Gasteiger charge is -2.45. The lowest BCUT2D eigenvalue weighted by atomic mass is 9.74. The average molecular weight is 412 g/mol. The van der Waals surface area contributed by atoms with E-state index in [4.69, 9.17) is 25.5 Å². The highest BCUT2D eigenvalue weighted by molar-refractivity contribution is 6.69. The number of amides is 1. The normalized spacial score (nSPS) is 30.4. The quantitative estimate of drug-likeness (QED) is 0.547. The van der Waals surface area contributed by atoms with Crippen molar-refractivity contribution >= 4 is 26.0 Å². The predicted molar refractivity (Wildman–Crippen MR) is 108 cm³/mol. The molecule has 1 saturated carbocycles. The highest BCUT2D eigenvalue weighted by Crippen LogP contribution is 2.60. The number of carbonyl (C=O) groups excluding carboxylic acids is 1. The van der Waals surface area contributed by atoms with Gasteiger partial charge in [0, 0.05) is 10.6 Å². The Labute approximate surface area is 167 Å². The third-order valence-corrected chi connectivity index (χ3v) is 6.05. The van der Waals surface area contributed by atoms with Gasteiger partial charge in [-0.3, -0.25) is 0 Å². The van der Waals surface area contributed by atoms with Gasteiger partial charge in [-0.05, 0) is 65.7 Å². The van der Waals surface area contributed by atoms with Crippen LogP contribution in [0, 0.1) is 0 Å². The molecule has 0 aromatic heterocycles. The fourth-order valence-electron chi connectivity index (χ4n) is 3.98. The summed E-state index contributed by atoms with van der Waals surface area (Å²) in [6.45, 7) is 11.9. The molecule has 0 spiro atoms. The van der Waals surface area contributed by atoms with Crippen molar-refractivity contribution in [2.24, 2.45) is 0 Å². The summed E-state index contributed by atoms with van der Waals surface area (Å²) in [7, 11) is -1.97. The van der Waals surface area contributed by atoms with Gasteiger partial charge in [0.2, 0.25) is 5.79 Å². The Morgan fingerprint density at radius 1 is 1.30 bits per heavy atom. The maximum atomic E-state index is 12.8. The molecule has 1 saturated heterocycles. The van der Waals surface area contributed by atoms with Crippen LogP contribution in [0.2, 0.25) is 24.7 Å². The van der Waals surface area contributed by atoms with Crippen LogP contribution in [0.3, 0.4) is 0 Å². The number of halogens is 1. The summed E-state index contributed by atoms with van der Waals surface area (Å²) in [6.07, 6.45) is 1.95. The Morgan fingerprint density at radius 2 is 1.96 bits per heavy atom. The Balaban J connectivity index is 2.07. The van der Waals surface area contributed by atoms with E-state index >= 15 is 0 Å². The number of benzene rings is 1. The number of hydrogen-bond acceptors (Lipinski definition) is 4. The van der Waals surface area contributed by atoms with Crippen LogP contribution in [0.4, 0.5) is 4.79 Å². The highest BCUT2D eigenvalue weighted by Gasteiger charge is 2.74. The van der Waals surface area contributed by atoms with Gasteiger partial charge in [-0.1, -0.05) is 29.8 Å². The smallest absolute Gasteiger partial charge is 0.408 e. The van der Waals surface area contributed by atoms with E-state index in [2.05, 4.69) is 25.0 Å². The molecule has 0 bridgehead atoms. The molecule has 27 heavy (non-hydrogen) atoms. The van der Waals surface area contributed by atoms with Crippen molar-refractivity contribution in [1.82, 2.24) is 5.32 Å². The summed E-state index contributed by atoms with van der Waals surface area (Å²) < 4.78 is 18.3. The van der Waals surface area contributed by atoms with Gasteiger partial charge in [0.15, 0.2) is 8.32 Å². The zero-order valence-electron chi connectivity index (χ0n) is 17.0. The lowest BCUT2D eigenvalue weighted by Crippen LogP contribution is -2.62. The van der Waals surface area contributed by atoms with Gasteiger partial charge in [0.25, 0.3) is 0 Å². The molecule has 1 aromatic rings. The van der Waals surface area contributed by atoms with Crippen LogP contribution >= 0.6 is 11.6 Å². The zero-order chi connectivity index (χ0) is 20.1. The molecule has 1 unspecified atom stereocenters. The van der Waals surface area contributed by atoms with Crippen LogP contribution in [0.15, 0.2) is 24.3 Å². The standard InChI is InChI=1S/C20H30ClNO4Si/c1-18(2,3)25-17(23)22-19(14-10-7-8-11-15(14)21)13-9-12-16-20(19,24-16)26-27(4,5)6/h7-8,10-11,16H,9,12-13H2,1-6H3,(H,22,23)/t16-,19-,20?/m1/s1. The van der Waals surface area contributed by atoms with Crippen molar-refractivity contribution in [2.45, 2.75) is 82.7 Å². The third kappa shape index (κ3) is 4.04. The number of ether oxygens (including phenoxy) is 2. The predicted octanol–water partition coefficient (Wildman–Crippen LogP) is 5.19. The van der Waals surface area contributed by atoms with E-state index in [1.54, 1.807) is 0 Å². The monoisotopic (exact) mass is 411 g/mol. The van der Waals surface area contributed by atoms with Gasteiger partial charge in [0.05, 0.1) is 0 Å². The summed E-state index contributed by atoms with van der Waals surface area (Å²) in [5.41, 5.74) is -0.661. The first-order valence-electron chi connectivity index (χ1n) is 9.53. The van der Waals surface area contributed by atoms with Crippen molar-refractivity contribution in [3.05, 3.63) is 34.9 Å². The van der Waals surface area contributed by atoms with E-state index in [1.807, 2.05) is 45.0 Å². The first kappa shape index (κ1) is 20.6. The maximum Gasteiger partial charge on any atom is 0.408 e. The Kier molecular flexibility index (Phi) is 5.17. The SMILES string of the molecule is CC(C)(C)OC(=O)N[C@@]1(c2ccccc2Cl)CCC[C@H]2OC21O[Si](C)(C)C. The van der Waals surface area contributed by atoms with E-state index < -0.39 is 31.3 Å². The van der Waals surface area contributed by atoms with E-state index in [0.29, 0.717) is 11.4 Å². The fraction of sp³-hybridized carbons (Fsp3) is 0.650. The second kappa shape index (κ2) is 6.76. The van der Waals surface area contributed by atoms with Gasteiger partial charge in [-0.25, -0.2) is 4.79 Å². The molecule has 1 aliphatic heterocycles. The molecule has 0 radical (unpaired) electrons. The van der Waals surface area contributed by atoms with Crippen LogP contribution < -0.4 is 5.32 Å². The fourth-order valence-corrected chi connectivity index (χ4v) is 5.55. The van der Waals surface area contributed by atoms with Crippen molar-refractivity contribution in [3.63, 3.8) is 0 Å². The van der Waals surface area contributed by atoms with Crippen molar-refractivity contribution in [3.8, 4) is 0 Å². The first-order chi connectivity index (χ1) is 12.4. The minimum absolute atomic E-state index is 0.0517. The molecule has 2 fully saturated rings. The van der Waals surface area contributed by atoms with E-state index in [9.17, 15) is 4.79 Å². The molecule has 1 N–H and O–H groups in total. The van der Waals surface area contributed by atoms with E-state index in [1.165, 1.54) is 0 Å².